The van der Waals surface area contributed by atoms with Gasteiger partial charge in [0.05, 0.1) is 5.41 Å². The molecule has 1 aliphatic carbocycles. The summed E-state index contributed by atoms with van der Waals surface area (Å²) in [5.74, 6) is -0.771. The zero-order valence-electron chi connectivity index (χ0n) is 11.4. The van der Waals surface area contributed by atoms with Crippen LogP contribution in [0, 0.1) is 0 Å². The zero-order valence-corrected chi connectivity index (χ0v) is 12.2. The van der Waals surface area contributed by atoms with E-state index >= 15 is 0 Å². The maximum Gasteiger partial charge on any atom is 0.303 e. The fourth-order valence-electron chi connectivity index (χ4n) is 2.47. The Balaban J connectivity index is 2.03. The molecule has 0 radical (unpaired) electrons. The predicted octanol–water partition coefficient (Wildman–Crippen LogP) is 2.69. The molecule has 2 rings (SSSR count). The molecule has 0 unspecified atom stereocenters. The first-order valence-electron chi connectivity index (χ1n) is 6.69. The van der Waals surface area contributed by atoms with Crippen molar-refractivity contribution < 1.29 is 14.7 Å². The van der Waals surface area contributed by atoms with Gasteiger partial charge in [-0.15, -0.1) is 0 Å². The molecule has 0 heterocycles. The summed E-state index contributed by atoms with van der Waals surface area (Å²) in [7, 11) is 1.73. The van der Waals surface area contributed by atoms with Gasteiger partial charge in [-0.2, -0.15) is 0 Å². The topological polar surface area (TPSA) is 57.6 Å². The predicted molar refractivity (Wildman–Crippen MR) is 76.9 cm³/mol. The lowest BCUT2D eigenvalue weighted by Crippen LogP contribution is -2.37. The van der Waals surface area contributed by atoms with E-state index in [1.165, 1.54) is 0 Å². The van der Waals surface area contributed by atoms with Crippen LogP contribution in [0.3, 0.4) is 0 Å². The third-order valence-corrected chi connectivity index (χ3v) is 4.00. The first-order valence-corrected chi connectivity index (χ1v) is 7.07. The van der Waals surface area contributed by atoms with Crippen LogP contribution in [0.1, 0.15) is 31.2 Å². The molecule has 0 atom stereocenters. The fraction of sp³-hybridized carbons (Fsp3) is 0.467. The van der Waals surface area contributed by atoms with Crippen LogP contribution in [0.4, 0.5) is 0 Å². The summed E-state index contributed by atoms with van der Waals surface area (Å²) in [5, 5.41) is 9.26. The maximum atomic E-state index is 12.6. The monoisotopic (exact) mass is 295 g/mol. The van der Waals surface area contributed by atoms with E-state index in [4.69, 9.17) is 16.7 Å². The van der Waals surface area contributed by atoms with E-state index in [2.05, 4.69) is 0 Å². The summed E-state index contributed by atoms with van der Waals surface area (Å²) in [6.45, 7) is 0.466. The standard InChI is InChI=1S/C15H18ClNO3/c1-17(9-3-6-13(18)19)14(20)15(7-8-15)11-4-2-5-12(16)10-11/h2,4-5,10H,3,6-9H2,1H3,(H,18,19). The van der Waals surface area contributed by atoms with E-state index in [0.29, 0.717) is 18.0 Å². The van der Waals surface area contributed by atoms with Gasteiger partial charge in [0.25, 0.3) is 0 Å². The van der Waals surface area contributed by atoms with Gasteiger partial charge in [0.2, 0.25) is 5.91 Å². The number of rotatable bonds is 6. The minimum Gasteiger partial charge on any atom is -0.481 e. The van der Waals surface area contributed by atoms with Crippen LogP contribution in [-0.4, -0.2) is 35.5 Å². The molecule has 0 bridgehead atoms. The second-order valence-corrected chi connectivity index (χ2v) is 5.75. The highest BCUT2D eigenvalue weighted by Crippen LogP contribution is 2.49. The van der Waals surface area contributed by atoms with Crippen LogP contribution in [0.25, 0.3) is 0 Å². The largest absolute Gasteiger partial charge is 0.481 e. The lowest BCUT2D eigenvalue weighted by atomic mass is 9.94. The normalized spacial score (nSPS) is 15.7. The van der Waals surface area contributed by atoms with Crippen molar-refractivity contribution >= 4 is 23.5 Å². The van der Waals surface area contributed by atoms with E-state index in [0.717, 1.165) is 18.4 Å². The van der Waals surface area contributed by atoms with E-state index in [-0.39, 0.29) is 12.3 Å². The Morgan fingerprint density at radius 1 is 1.40 bits per heavy atom. The van der Waals surface area contributed by atoms with Gasteiger partial charge in [-0.1, -0.05) is 23.7 Å². The Hall–Kier alpha value is -1.55. The van der Waals surface area contributed by atoms with Gasteiger partial charge in [-0.05, 0) is 37.0 Å². The first kappa shape index (κ1) is 14.9. The Labute approximate surface area is 123 Å². The third-order valence-electron chi connectivity index (χ3n) is 3.77. The Morgan fingerprint density at radius 3 is 2.65 bits per heavy atom. The van der Waals surface area contributed by atoms with Crippen LogP contribution in [0.15, 0.2) is 24.3 Å². The van der Waals surface area contributed by atoms with Gasteiger partial charge >= 0.3 is 5.97 Å². The highest BCUT2D eigenvalue weighted by Gasteiger charge is 2.52. The minimum atomic E-state index is -0.832. The van der Waals surface area contributed by atoms with Crippen molar-refractivity contribution in [2.45, 2.75) is 31.1 Å². The molecule has 108 valence electrons. The molecule has 0 saturated heterocycles. The molecule has 5 heteroatoms. The molecular weight excluding hydrogens is 278 g/mol. The Morgan fingerprint density at radius 2 is 2.10 bits per heavy atom. The van der Waals surface area contributed by atoms with Crippen LogP contribution >= 0.6 is 11.6 Å². The quantitative estimate of drug-likeness (QED) is 0.878. The highest BCUT2D eigenvalue weighted by atomic mass is 35.5. The molecule has 1 saturated carbocycles. The average molecular weight is 296 g/mol. The van der Waals surface area contributed by atoms with Crippen molar-refractivity contribution in [2.75, 3.05) is 13.6 Å². The number of likely N-dealkylation sites (N-methyl/N-ethyl adjacent to an activating group) is 1. The molecule has 1 aromatic carbocycles. The van der Waals surface area contributed by atoms with Gasteiger partial charge in [0.1, 0.15) is 0 Å². The lowest BCUT2D eigenvalue weighted by molar-refractivity contribution is -0.138. The molecule has 1 N–H and O–H groups in total. The number of amides is 1. The van der Waals surface area contributed by atoms with Gasteiger partial charge in [-0.3, -0.25) is 9.59 Å². The Kier molecular flexibility index (Phi) is 4.33. The first-order chi connectivity index (χ1) is 9.45. The van der Waals surface area contributed by atoms with Crippen LogP contribution in [0.2, 0.25) is 5.02 Å². The average Bonchev–Trinajstić information content (AvgIpc) is 3.18. The van der Waals surface area contributed by atoms with Gasteiger partial charge in [0.15, 0.2) is 0 Å². The highest BCUT2D eigenvalue weighted by molar-refractivity contribution is 6.30. The molecule has 1 fully saturated rings. The molecule has 1 aromatic rings. The van der Waals surface area contributed by atoms with Crippen molar-refractivity contribution in [1.82, 2.24) is 4.90 Å². The number of hydrogen-bond acceptors (Lipinski definition) is 2. The number of carbonyl (C=O) groups excluding carboxylic acids is 1. The molecule has 1 aliphatic rings. The number of carboxylic acid groups (broad SMARTS) is 1. The number of halogens is 1. The Bertz CT molecular complexity index is 526. The van der Waals surface area contributed by atoms with Crippen molar-refractivity contribution in [3.05, 3.63) is 34.9 Å². The molecule has 20 heavy (non-hydrogen) atoms. The van der Waals surface area contributed by atoms with E-state index in [1.54, 1.807) is 18.0 Å². The third kappa shape index (κ3) is 3.12. The van der Waals surface area contributed by atoms with E-state index in [9.17, 15) is 9.59 Å². The van der Waals surface area contributed by atoms with Crippen LogP contribution < -0.4 is 0 Å². The summed E-state index contributed by atoms with van der Waals surface area (Å²) in [5.41, 5.74) is 0.517. The van der Waals surface area contributed by atoms with E-state index in [1.807, 2.05) is 18.2 Å². The van der Waals surface area contributed by atoms with Gasteiger partial charge in [0, 0.05) is 25.0 Å². The second kappa shape index (κ2) is 5.83. The summed E-state index contributed by atoms with van der Waals surface area (Å²) in [4.78, 5) is 24.7. The van der Waals surface area contributed by atoms with Gasteiger partial charge < -0.3 is 10.0 Å². The summed E-state index contributed by atoms with van der Waals surface area (Å²) < 4.78 is 0. The van der Waals surface area contributed by atoms with Gasteiger partial charge in [-0.25, -0.2) is 0 Å². The molecule has 0 aliphatic heterocycles. The summed E-state index contributed by atoms with van der Waals surface area (Å²) in [6.07, 6.45) is 2.22. The van der Waals surface area contributed by atoms with Crippen molar-refractivity contribution in [1.29, 1.82) is 0 Å². The van der Waals surface area contributed by atoms with E-state index < -0.39 is 11.4 Å². The smallest absolute Gasteiger partial charge is 0.303 e. The van der Waals surface area contributed by atoms with Crippen molar-refractivity contribution in [3.8, 4) is 0 Å². The summed E-state index contributed by atoms with van der Waals surface area (Å²) >= 11 is 5.99. The molecule has 0 aromatic heterocycles. The van der Waals surface area contributed by atoms with Crippen molar-refractivity contribution in [3.63, 3.8) is 0 Å². The SMILES string of the molecule is CN(CCCC(=O)O)C(=O)C1(c2cccc(Cl)c2)CC1. The minimum absolute atomic E-state index is 0.0603. The molecule has 0 spiro atoms. The number of benzene rings is 1. The fourth-order valence-corrected chi connectivity index (χ4v) is 2.66. The molecule has 1 amide bonds. The molecule has 4 nitrogen and oxygen atoms in total. The number of carboxylic acids is 1. The van der Waals surface area contributed by atoms with Crippen LogP contribution in [0.5, 0.6) is 0 Å². The van der Waals surface area contributed by atoms with Crippen molar-refractivity contribution in [2.24, 2.45) is 0 Å². The number of aliphatic carboxylic acids is 1. The lowest BCUT2D eigenvalue weighted by Gasteiger charge is -2.23. The zero-order chi connectivity index (χ0) is 14.8. The number of hydrogen-bond donors (Lipinski definition) is 1. The van der Waals surface area contributed by atoms with Crippen LogP contribution in [-0.2, 0) is 15.0 Å². The summed E-state index contributed by atoms with van der Waals surface area (Å²) in [6, 6.07) is 7.43. The number of nitrogens with zero attached hydrogens (tertiary/aromatic N) is 1. The maximum absolute atomic E-state index is 12.6. The second-order valence-electron chi connectivity index (χ2n) is 5.32. The molecular formula is C15H18ClNO3. The number of carbonyl (C=O) groups is 2.